The van der Waals surface area contributed by atoms with E-state index in [9.17, 15) is 0 Å². The Labute approximate surface area is 85.3 Å². The number of hydrogen-bond donors (Lipinski definition) is 2. The summed E-state index contributed by atoms with van der Waals surface area (Å²) in [6.07, 6.45) is 0. The quantitative estimate of drug-likeness (QED) is 0.760. The summed E-state index contributed by atoms with van der Waals surface area (Å²) >= 11 is 0. The second kappa shape index (κ2) is 3.69. The molecule has 0 fully saturated rings. The predicted molar refractivity (Wildman–Crippen MR) is 56.9 cm³/mol. The molecule has 0 aliphatic carbocycles. The van der Waals surface area contributed by atoms with E-state index in [-0.39, 0.29) is 11.5 Å². The van der Waals surface area contributed by atoms with Crippen molar-refractivity contribution >= 4 is 0 Å². The SMILES string of the molecule is CC(C)c1n[nH]c(C(N)C(C)(C)C)n1. The number of nitrogens with zero attached hydrogens (tertiary/aromatic N) is 2. The van der Waals surface area contributed by atoms with Gasteiger partial charge in [0.1, 0.15) is 5.82 Å². The van der Waals surface area contributed by atoms with Crippen LogP contribution in [0.4, 0.5) is 0 Å². The number of rotatable bonds is 2. The third-order valence-corrected chi connectivity index (χ3v) is 2.26. The van der Waals surface area contributed by atoms with Crippen LogP contribution in [0.25, 0.3) is 0 Å². The Morgan fingerprint density at radius 1 is 1.29 bits per heavy atom. The highest BCUT2D eigenvalue weighted by Gasteiger charge is 2.25. The second-order valence-corrected chi connectivity index (χ2v) is 5.08. The number of nitrogens with two attached hydrogens (primary N) is 1. The standard InChI is InChI=1S/C10H20N4/c1-6(2)8-12-9(14-13-8)7(11)10(3,4)5/h6-7H,11H2,1-5H3,(H,12,13,14). The fourth-order valence-electron chi connectivity index (χ4n) is 1.10. The molecule has 14 heavy (non-hydrogen) atoms. The predicted octanol–water partition coefficient (Wildman–Crippen LogP) is 1.97. The van der Waals surface area contributed by atoms with E-state index in [0.29, 0.717) is 5.92 Å². The Morgan fingerprint density at radius 2 is 1.86 bits per heavy atom. The first kappa shape index (κ1) is 11.2. The number of hydrogen-bond acceptors (Lipinski definition) is 3. The average Bonchev–Trinajstić information content (AvgIpc) is 2.48. The molecule has 0 spiro atoms. The largest absolute Gasteiger partial charge is 0.321 e. The van der Waals surface area contributed by atoms with Crippen LogP contribution in [0.5, 0.6) is 0 Å². The van der Waals surface area contributed by atoms with Gasteiger partial charge in [0.05, 0.1) is 6.04 Å². The van der Waals surface area contributed by atoms with Crippen LogP contribution in [0.3, 0.4) is 0 Å². The number of H-pyrrole nitrogens is 1. The van der Waals surface area contributed by atoms with Crippen molar-refractivity contribution in [2.75, 3.05) is 0 Å². The van der Waals surface area contributed by atoms with Crippen LogP contribution in [0.1, 0.15) is 58.2 Å². The lowest BCUT2D eigenvalue weighted by Crippen LogP contribution is -2.27. The van der Waals surface area contributed by atoms with Crippen molar-refractivity contribution in [3.05, 3.63) is 11.6 Å². The maximum Gasteiger partial charge on any atom is 0.153 e. The highest BCUT2D eigenvalue weighted by Crippen LogP contribution is 2.28. The van der Waals surface area contributed by atoms with Gasteiger partial charge in [-0.05, 0) is 5.41 Å². The molecule has 0 aliphatic heterocycles. The lowest BCUT2D eigenvalue weighted by molar-refractivity contribution is 0.315. The molecule has 3 N–H and O–H groups in total. The number of aromatic amines is 1. The van der Waals surface area contributed by atoms with E-state index in [0.717, 1.165) is 11.6 Å². The molecule has 0 aliphatic rings. The summed E-state index contributed by atoms with van der Waals surface area (Å²) in [7, 11) is 0. The van der Waals surface area contributed by atoms with E-state index in [1.165, 1.54) is 0 Å². The van der Waals surface area contributed by atoms with Gasteiger partial charge in [0, 0.05) is 5.92 Å². The summed E-state index contributed by atoms with van der Waals surface area (Å²) in [6, 6.07) is -0.0949. The monoisotopic (exact) mass is 196 g/mol. The minimum Gasteiger partial charge on any atom is -0.321 e. The molecule has 1 heterocycles. The fraction of sp³-hybridized carbons (Fsp3) is 0.800. The Kier molecular flexibility index (Phi) is 2.95. The van der Waals surface area contributed by atoms with E-state index in [4.69, 9.17) is 5.73 Å². The molecule has 0 radical (unpaired) electrons. The Hall–Kier alpha value is -0.900. The molecule has 80 valence electrons. The van der Waals surface area contributed by atoms with Crippen LogP contribution in [0.15, 0.2) is 0 Å². The first-order valence-corrected chi connectivity index (χ1v) is 5.00. The van der Waals surface area contributed by atoms with Crippen LogP contribution in [0, 0.1) is 5.41 Å². The average molecular weight is 196 g/mol. The molecule has 0 amide bonds. The summed E-state index contributed by atoms with van der Waals surface area (Å²) in [6.45, 7) is 10.4. The molecule has 1 unspecified atom stereocenters. The van der Waals surface area contributed by atoms with Crippen LogP contribution in [0.2, 0.25) is 0 Å². The van der Waals surface area contributed by atoms with Gasteiger partial charge in [-0.2, -0.15) is 5.10 Å². The molecule has 0 saturated heterocycles. The van der Waals surface area contributed by atoms with Crippen LogP contribution in [-0.4, -0.2) is 15.2 Å². The van der Waals surface area contributed by atoms with Gasteiger partial charge < -0.3 is 5.73 Å². The van der Waals surface area contributed by atoms with E-state index in [1.807, 2.05) is 0 Å². The molecule has 1 rings (SSSR count). The lowest BCUT2D eigenvalue weighted by Gasteiger charge is -2.24. The Bertz CT molecular complexity index is 295. The molecule has 1 atom stereocenters. The third-order valence-electron chi connectivity index (χ3n) is 2.26. The highest BCUT2D eigenvalue weighted by atomic mass is 15.2. The smallest absolute Gasteiger partial charge is 0.153 e. The third kappa shape index (κ3) is 2.32. The van der Waals surface area contributed by atoms with Crippen LogP contribution >= 0.6 is 0 Å². The van der Waals surface area contributed by atoms with Gasteiger partial charge in [-0.25, -0.2) is 4.98 Å². The highest BCUT2D eigenvalue weighted by molar-refractivity contribution is 5.02. The second-order valence-electron chi connectivity index (χ2n) is 5.08. The van der Waals surface area contributed by atoms with E-state index in [1.54, 1.807) is 0 Å². The molecule has 1 aromatic rings. The molecule has 0 saturated carbocycles. The number of nitrogens with one attached hydrogen (secondary N) is 1. The summed E-state index contributed by atoms with van der Waals surface area (Å²) < 4.78 is 0. The van der Waals surface area contributed by atoms with Crippen molar-refractivity contribution in [1.82, 2.24) is 15.2 Å². The van der Waals surface area contributed by atoms with Gasteiger partial charge in [0.15, 0.2) is 5.82 Å². The van der Waals surface area contributed by atoms with Crippen molar-refractivity contribution in [1.29, 1.82) is 0 Å². The van der Waals surface area contributed by atoms with Crippen LogP contribution < -0.4 is 5.73 Å². The zero-order valence-corrected chi connectivity index (χ0v) is 9.63. The van der Waals surface area contributed by atoms with Gasteiger partial charge in [0.2, 0.25) is 0 Å². The van der Waals surface area contributed by atoms with Gasteiger partial charge in [-0.1, -0.05) is 34.6 Å². The maximum absolute atomic E-state index is 6.05. The van der Waals surface area contributed by atoms with Gasteiger partial charge >= 0.3 is 0 Å². The molecule has 1 aromatic heterocycles. The van der Waals surface area contributed by atoms with Crippen molar-refractivity contribution in [3.63, 3.8) is 0 Å². The lowest BCUT2D eigenvalue weighted by atomic mass is 9.87. The molecular formula is C10H20N4. The normalized spacial score (nSPS) is 14.8. The fourth-order valence-corrected chi connectivity index (χ4v) is 1.10. The number of aromatic nitrogens is 3. The first-order chi connectivity index (χ1) is 6.32. The minimum atomic E-state index is -0.0949. The zero-order chi connectivity index (χ0) is 10.9. The Balaban J connectivity index is 2.87. The summed E-state index contributed by atoms with van der Waals surface area (Å²) in [4.78, 5) is 4.38. The Morgan fingerprint density at radius 3 is 2.21 bits per heavy atom. The topological polar surface area (TPSA) is 67.6 Å². The van der Waals surface area contributed by atoms with Gasteiger partial charge in [0.25, 0.3) is 0 Å². The minimum absolute atomic E-state index is 0.00772. The zero-order valence-electron chi connectivity index (χ0n) is 9.63. The van der Waals surface area contributed by atoms with Crippen molar-refractivity contribution in [3.8, 4) is 0 Å². The van der Waals surface area contributed by atoms with E-state index >= 15 is 0 Å². The van der Waals surface area contributed by atoms with Crippen LogP contribution in [-0.2, 0) is 0 Å². The van der Waals surface area contributed by atoms with Crippen molar-refractivity contribution in [2.24, 2.45) is 11.1 Å². The molecule has 0 aromatic carbocycles. The summed E-state index contributed by atoms with van der Waals surface area (Å²) in [5, 5.41) is 7.04. The van der Waals surface area contributed by atoms with E-state index < -0.39 is 0 Å². The van der Waals surface area contributed by atoms with Gasteiger partial charge in [-0.15, -0.1) is 0 Å². The van der Waals surface area contributed by atoms with Crippen molar-refractivity contribution in [2.45, 2.75) is 46.6 Å². The molecule has 0 bridgehead atoms. The van der Waals surface area contributed by atoms with E-state index in [2.05, 4.69) is 49.8 Å². The molecule has 4 nitrogen and oxygen atoms in total. The first-order valence-electron chi connectivity index (χ1n) is 5.00. The molecule has 4 heteroatoms. The maximum atomic E-state index is 6.05. The summed E-state index contributed by atoms with van der Waals surface area (Å²) in [5.41, 5.74) is 6.06. The van der Waals surface area contributed by atoms with Crippen molar-refractivity contribution < 1.29 is 0 Å². The van der Waals surface area contributed by atoms with Gasteiger partial charge in [-0.3, -0.25) is 5.10 Å². The molecular weight excluding hydrogens is 176 g/mol. The summed E-state index contributed by atoms with van der Waals surface area (Å²) in [5.74, 6) is 1.95.